The first-order chi connectivity index (χ1) is 14.7. The summed E-state index contributed by atoms with van der Waals surface area (Å²) in [5.41, 5.74) is 2.95. The molecule has 1 aliphatic heterocycles. The molecule has 0 atom stereocenters. The highest BCUT2D eigenvalue weighted by Gasteiger charge is 2.21. The second-order valence-corrected chi connectivity index (χ2v) is 8.85. The van der Waals surface area contributed by atoms with Crippen molar-refractivity contribution in [2.75, 3.05) is 31.2 Å². The molecule has 3 heterocycles. The van der Waals surface area contributed by atoms with Crippen LogP contribution < -0.4 is 4.90 Å². The van der Waals surface area contributed by atoms with Crippen molar-refractivity contribution < 1.29 is 9.47 Å². The summed E-state index contributed by atoms with van der Waals surface area (Å²) in [5.74, 6) is 0.971. The number of rotatable bonds is 7. The van der Waals surface area contributed by atoms with E-state index in [9.17, 15) is 0 Å². The zero-order valence-electron chi connectivity index (χ0n) is 16.7. The monoisotopic (exact) mass is 463 g/mol. The van der Waals surface area contributed by atoms with Crippen LogP contribution in [0.2, 0.25) is 10.0 Å². The third kappa shape index (κ3) is 4.95. The van der Waals surface area contributed by atoms with Gasteiger partial charge in [0.2, 0.25) is 0 Å². The molecule has 0 bridgehead atoms. The van der Waals surface area contributed by atoms with Gasteiger partial charge >= 0.3 is 0 Å². The Morgan fingerprint density at radius 1 is 1.13 bits per heavy atom. The number of aromatic nitrogens is 2. The number of morpholine rings is 1. The fourth-order valence-electron chi connectivity index (χ4n) is 3.30. The first-order valence-corrected chi connectivity index (χ1v) is 11.5. The molecule has 8 heteroatoms. The smallest absolute Gasteiger partial charge is 0.146 e. The van der Waals surface area contributed by atoms with Gasteiger partial charge in [-0.1, -0.05) is 36.2 Å². The molecule has 0 aliphatic carbocycles. The highest BCUT2D eigenvalue weighted by molar-refractivity contribution is 7.15. The molecule has 30 heavy (non-hydrogen) atoms. The van der Waals surface area contributed by atoms with Gasteiger partial charge in [0.1, 0.15) is 10.8 Å². The van der Waals surface area contributed by atoms with Gasteiger partial charge in [0.15, 0.2) is 0 Å². The molecule has 5 nitrogen and oxygen atoms in total. The Morgan fingerprint density at radius 3 is 2.63 bits per heavy atom. The highest BCUT2D eigenvalue weighted by Crippen LogP contribution is 2.35. The van der Waals surface area contributed by atoms with Gasteiger partial charge in [0.25, 0.3) is 0 Å². The molecule has 1 fully saturated rings. The van der Waals surface area contributed by atoms with Crippen LogP contribution in [-0.4, -0.2) is 36.3 Å². The summed E-state index contributed by atoms with van der Waals surface area (Å²) in [6.45, 7) is 5.95. The molecule has 2 aromatic heterocycles. The lowest BCUT2D eigenvalue weighted by molar-refractivity contribution is 0.108. The third-order valence-corrected chi connectivity index (χ3v) is 6.73. The van der Waals surface area contributed by atoms with E-state index in [-0.39, 0.29) is 0 Å². The van der Waals surface area contributed by atoms with Crippen LogP contribution in [0.3, 0.4) is 0 Å². The van der Waals surface area contributed by atoms with Gasteiger partial charge in [-0.05, 0) is 30.7 Å². The number of ether oxygens (including phenoxy) is 2. The number of thiazole rings is 1. The maximum Gasteiger partial charge on any atom is 0.146 e. The molecule has 158 valence electrons. The van der Waals surface area contributed by atoms with Crippen molar-refractivity contribution >= 4 is 40.4 Å². The number of anilines is 1. The molecular formula is C22H23Cl2N3O2S. The number of pyridine rings is 1. The first-order valence-electron chi connectivity index (χ1n) is 9.94. The van der Waals surface area contributed by atoms with Crippen molar-refractivity contribution in [3.8, 4) is 10.6 Å². The van der Waals surface area contributed by atoms with Crippen LogP contribution in [-0.2, 0) is 29.1 Å². The van der Waals surface area contributed by atoms with Gasteiger partial charge < -0.3 is 14.4 Å². The second kappa shape index (κ2) is 10.1. The predicted molar refractivity (Wildman–Crippen MR) is 123 cm³/mol. The first kappa shape index (κ1) is 21.5. The molecule has 3 aromatic rings. The van der Waals surface area contributed by atoms with Crippen molar-refractivity contribution in [1.29, 1.82) is 0 Å². The topological polar surface area (TPSA) is 47.5 Å². The van der Waals surface area contributed by atoms with Gasteiger partial charge in [-0.15, -0.1) is 11.3 Å². The minimum atomic E-state index is 0.351. The van der Waals surface area contributed by atoms with E-state index < -0.39 is 0 Å². The Kier molecular flexibility index (Phi) is 7.23. The van der Waals surface area contributed by atoms with Gasteiger partial charge in [0, 0.05) is 46.2 Å². The Morgan fingerprint density at radius 2 is 1.90 bits per heavy atom. The van der Waals surface area contributed by atoms with Crippen molar-refractivity contribution in [3.05, 3.63) is 62.7 Å². The summed E-state index contributed by atoms with van der Waals surface area (Å²) in [5, 5.41) is 2.21. The van der Waals surface area contributed by atoms with Gasteiger partial charge in [-0.25, -0.2) is 4.98 Å². The standard InChI is InChI=1S/C22H23Cl2N3O2S/c1-2-16-12-15(6-7-25-16)22-26-21(27-8-10-28-11-9-27)20(30-22)14-29-13-17-18(23)4-3-5-19(17)24/h3-7,12H,2,8-11,13-14H2,1H3. The Labute approximate surface area is 190 Å². The zero-order chi connectivity index (χ0) is 20.9. The van der Waals surface area contributed by atoms with E-state index in [0.29, 0.717) is 36.5 Å². The Bertz CT molecular complexity index is 986. The van der Waals surface area contributed by atoms with E-state index in [4.69, 9.17) is 37.7 Å². The maximum atomic E-state index is 6.27. The summed E-state index contributed by atoms with van der Waals surface area (Å²) >= 11 is 14.2. The number of benzene rings is 1. The number of halogens is 2. The van der Waals surface area contributed by atoms with E-state index in [0.717, 1.165) is 52.0 Å². The normalized spacial score (nSPS) is 14.3. The predicted octanol–water partition coefficient (Wildman–Crippen LogP) is 5.63. The quantitative estimate of drug-likeness (QED) is 0.454. The molecule has 0 spiro atoms. The molecule has 1 aromatic carbocycles. The molecule has 0 amide bonds. The second-order valence-electron chi connectivity index (χ2n) is 6.95. The highest BCUT2D eigenvalue weighted by atomic mass is 35.5. The average molecular weight is 464 g/mol. The van der Waals surface area contributed by atoms with Crippen LogP contribution in [0.1, 0.15) is 23.1 Å². The van der Waals surface area contributed by atoms with Crippen molar-refractivity contribution in [1.82, 2.24) is 9.97 Å². The van der Waals surface area contributed by atoms with Gasteiger partial charge in [-0.3, -0.25) is 4.98 Å². The summed E-state index contributed by atoms with van der Waals surface area (Å²) < 4.78 is 11.5. The minimum absolute atomic E-state index is 0.351. The van der Waals surface area contributed by atoms with E-state index in [1.807, 2.05) is 30.5 Å². The Balaban J connectivity index is 1.57. The Hall–Kier alpha value is -1.70. The molecule has 1 aliphatic rings. The molecule has 0 unspecified atom stereocenters. The molecule has 4 rings (SSSR count). The number of nitrogens with zero attached hydrogens (tertiary/aromatic N) is 3. The van der Waals surface area contributed by atoms with E-state index in [1.165, 1.54) is 0 Å². The van der Waals surface area contributed by atoms with Gasteiger partial charge in [-0.2, -0.15) is 0 Å². The maximum absolute atomic E-state index is 6.27. The van der Waals surface area contributed by atoms with Crippen molar-refractivity contribution in [2.45, 2.75) is 26.6 Å². The minimum Gasteiger partial charge on any atom is -0.378 e. The van der Waals surface area contributed by atoms with Crippen LogP contribution in [0.15, 0.2) is 36.5 Å². The summed E-state index contributed by atoms with van der Waals surface area (Å²) in [4.78, 5) is 12.7. The van der Waals surface area contributed by atoms with Crippen LogP contribution >= 0.6 is 34.5 Å². The zero-order valence-corrected chi connectivity index (χ0v) is 19.1. The van der Waals surface area contributed by atoms with E-state index in [2.05, 4.69) is 22.9 Å². The molecule has 0 radical (unpaired) electrons. The summed E-state index contributed by atoms with van der Waals surface area (Å²) in [6.07, 6.45) is 2.74. The third-order valence-electron chi connectivity index (χ3n) is 4.95. The van der Waals surface area contributed by atoms with Crippen LogP contribution in [0.4, 0.5) is 5.82 Å². The van der Waals surface area contributed by atoms with E-state index >= 15 is 0 Å². The van der Waals surface area contributed by atoms with Crippen molar-refractivity contribution in [2.24, 2.45) is 0 Å². The fourth-order valence-corrected chi connectivity index (χ4v) is 4.83. The lowest BCUT2D eigenvalue weighted by Crippen LogP contribution is -2.37. The van der Waals surface area contributed by atoms with Gasteiger partial charge in [0.05, 0.1) is 31.3 Å². The summed E-state index contributed by atoms with van der Waals surface area (Å²) in [7, 11) is 0. The summed E-state index contributed by atoms with van der Waals surface area (Å²) in [6, 6.07) is 9.60. The van der Waals surface area contributed by atoms with Crippen LogP contribution in [0, 0.1) is 0 Å². The number of hydrogen-bond donors (Lipinski definition) is 0. The fraction of sp³-hybridized carbons (Fsp3) is 0.364. The average Bonchev–Trinajstić information content (AvgIpc) is 3.21. The van der Waals surface area contributed by atoms with Crippen molar-refractivity contribution in [3.63, 3.8) is 0 Å². The molecular weight excluding hydrogens is 441 g/mol. The van der Waals surface area contributed by atoms with Crippen LogP contribution in [0.25, 0.3) is 10.6 Å². The lowest BCUT2D eigenvalue weighted by Gasteiger charge is -2.27. The lowest BCUT2D eigenvalue weighted by atomic mass is 10.2. The molecule has 0 saturated carbocycles. The van der Waals surface area contributed by atoms with E-state index in [1.54, 1.807) is 11.3 Å². The SMILES string of the molecule is CCc1cc(-c2nc(N3CCOCC3)c(COCc3c(Cl)cccc3Cl)s2)ccn1. The number of aryl methyl sites for hydroxylation is 1. The largest absolute Gasteiger partial charge is 0.378 e. The number of hydrogen-bond acceptors (Lipinski definition) is 6. The van der Waals surface area contributed by atoms with Crippen LogP contribution in [0.5, 0.6) is 0 Å². The molecule has 1 saturated heterocycles. The molecule has 0 N–H and O–H groups in total.